The van der Waals surface area contributed by atoms with Crippen LogP contribution in [-0.4, -0.2) is 18.3 Å². The van der Waals surface area contributed by atoms with Crippen LogP contribution in [0.1, 0.15) is 11.1 Å². The SMILES string of the molecule is Cc1cccc(N(c2ccc3c4c5ccc6c(c5ccc4n(-c4ccccc4)c3c2)c2ccc(N(c3ccc4c5c7ccc8c(c7ccc5n(-c5ccccc5)c4c3)c3ccc(N(c4cccc(C)c4)c4cccc5c4oc4ccccc45)cc3n8-c3ccccc3)c3cccc4c3oc3ccccc34)cc2n6-c2ccccc2)c2cccc3c2oc2ccccc23)c1. The summed E-state index contributed by atoms with van der Waals surface area (Å²) in [5.74, 6) is 0. The number of aromatic nitrogens is 4. The molecule has 0 atom stereocenters. The highest BCUT2D eigenvalue weighted by molar-refractivity contribution is 6.32. The molecule has 0 aliphatic heterocycles. The number of para-hydroxylation sites is 10. The second kappa shape index (κ2) is 27.7. The largest absolute Gasteiger partial charge is 0.454 e. The molecule has 0 N–H and O–H groups in total. The summed E-state index contributed by atoms with van der Waals surface area (Å²) >= 11 is 0. The van der Waals surface area contributed by atoms with Gasteiger partial charge in [-0.3, -0.25) is 0 Å². The van der Waals surface area contributed by atoms with Crippen LogP contribution in [0.3, 0.4) is 0 Å². The maximum absolute atomic E-state index is 7.16. The highest BCUT2D eigenvalue weighted by Gasteiger charge is 2.30. The summed E-state index contributed by atoms with van der Waals surface area (Å²) < 4.78 is 30.7. The first kappa shape index (κ1) is 71.5. The predicted molar refractivity (Wildman–Crippen MR) is 534 cm³/mol. The summed E-state index contributed by atoms with van der Waals surface area (Å²) in [5.41, 5.74) is 29.3. The minimum Gasteiger partial charge on any atom is -0.454 e. The monoisotopic (exact) mass is 1640 g/mol. The fourth-order valence-electron chi connectivity index (χ4n) is 21.3. The van der Waals surface area contributed by atoms with E-state index in [1.807, 2.05) is 12.1 Å². The molecule has 0 aliphatic carbocycles. The van der Waals surface area contributed by atoms with E-state index in [2.05, 4.69) is 453 Å². The van der Waals surface area contributed by atoms with Gasteiger partial charge in [0, 0.05) is 132 Å². The average Bonchev–Trinajstić information content (AvgIpc) is 1.54. The molecule has 0 bridgehead atoms. The van der Waals surface area contributed by atoms with Crippen molar-refractivity contribution in [3.05, 3.63) is 430 Å². The van der Waals surface area contributed by atoms with Crippen molar-refractivity contribution in [1.82, 2.24) is 18.3 Å². The first-order valence-electron chi connectivity index (χ1n) is 43.8. The molecule has 0 spiro atoms. The molecule has 0 fully saturated rings. The van der Waals surface area contributed by atoms with Crippen molar-refractivity contribution in [3.63, 3.8) is 0 Å². The third-order valence-corrected chi connectivity index (χ3v) is 26.7. The van der Waals surface area contributed by atoms with Crippen molar-refractivity contribution in [2.75, 3.05) is 14.7 Å². The lowest BCUT2D eigenvalue weighted by molar-refractivity contribution is 0.668. The zero-order chi connectivity index (χ0) is 84.1. The summed E-state index contributed by atoms with van der Waals surface area (Å²) in [5, 5.41) is 20.4. The molecule has 0 saturated carbocycles. The van der Waals surface area contributed by atoms with E-state index in [4.69, 9.17) is 13.3 Å². The Labute approximate surface area is 733 Å². The number of hydrogen-bond acceptors (Lipinski definition) is 6. The van der Waals surface area contributed by atoms with Crippen LogP contribution in [0.15, 0.2) is 432 Å². The van der Waals surface area contributed by atoms with E-state index in [0.29, 0.717) is 0 Å². The Morgan fingerprint density at radius 2 is 0.406 bits per heavy atom. The third-order valence-electron chi connectivity index (χ3n) is 26.7. The minimum atomic E-state index is 0.799. The highest BCUT2D eigenvalue weighted by atomic mass is 16.3. The maximum Gasteiger partial charge on any atom is 0.159 e. The van der Waals surface area contributed by atoms with Gasteiger partial charge in [0.05, 0.1) is 61.2 Å². The van der Waals surface area contributed by atoms with Crippen LogP contribution in [0.5, 0.6) is 0 Å². The number of rotatable bonds is 13. The molecule has 10 heteroatoms. The summed E-state index contributed by atoms with van der Waals surface area (Å²) in [6.45, 7) is 4.32. The standard InChI is InChI=1S/C118H75N7O3/c1-72-26-21-36-78(66-72)119(102-44-23-41-91-84-38-15-18-47-109(84)126-116(91)102)80-50-54-94-105(68-80)122(74-28-7-3-8-29-74)98-62-58-89-87(112(94)98)60-64-100-114(89)96-56-52-82(70-107(96)124(100)76-32-11-5-12-33-76)121(104-46-25-43-93-86-40-17-20-49-111(86)128-118(93)104)83-53-57-97-108(71-83)125(77-34-13-6-14-35-77)101-65-61-88-90(115(97)101)59-63-99-113(88)95-55-51-81(69-106(95)123(99)75-30-9-4-10-31-75)120(79-37-22-27-73(2)67-79)103-45-24-42-92-85-39-16-19-48-110(85)127-117(92)103/h3-71H,1-2H3. The number of hydrogen-bond donors (Lipinski definition) is 0. The van der Waals surface area contributed by atoms with E-state index in [0.717, 1.165) is 205 Å². The Morgan fingerprint density at radius 3 is 0.680 bits per heavy atom. The van der Waals surface area contributed by atoms with Gasteiger partial charge in [0.15, 0.2) is 16.7 Å². The Morgan fingerprint density at radius 1 is 0.172 bits per heavy atom. The van der Waals surface area contributed by atoms with Crippen LogP contribution in [0, 0.1) is 13.8 Å². The minimum absolute atomic E-state index is 0.799. The lowest BCUT2D eigenvalue weighted by atomic mass is 9.99. The zero-order valence-corrected chi connectivity index (χ0v) is 69.7. The van der Waals surface area contributed by atoms with E-state index in [9.17, 15) is 0 Å². The van der Waals surface area contributed by atoms with Crippen molar-refractivity contribution in [1.29, 1.82) is 0 Å². The fourth-order valence-corrected chi connectivity index (χ4v) is 21.3. The quantitative estimate of drug-likeness (QED) is 0.115. The lowest BCUT2D eigenvalue weighted by Gasteiger charge is -2.26. The smallest absolute Gasteiger partial charge is 0.159 e. The van der Waals surface area contributed by atoms with E-state index in [1.54, 1.807) is 0 Å². The van der Waals surface area contributed by atoms with Crippen LogP contribution in [0.2, 0.25) is 0 Å². The molecule has 7 heterocycles. The van der Waals surface area contributed by atoms with Crippen LogP contribution in [-0.2, 0) is 0 Å². The van der Waals surface area contributed by atoms with Gasteiger partial charge < -0.3 is 46.2 Å². The topological polar surface area (TPSA) is 68.9 Å². The van der Waals surface area contributed by atoms with E-state index < -0.39 is 0 Å². The van der Waals surface area contributed by atoms with Crippen LogP contribution < -0.4 is 14.7 Å². The third kappa shape index (κ3) is 10.6. The molecule has 10 nitrogen and oxygen atoms in total. The second-order valence-corrected chi connectivity index (χ2v) is 34.0. The van der Waals surface area contributed by atoms with Gasteiger partial charge in [0.1, 0.15) is 16.7 Å². The first-order valence-corrected chi connectivity index (χ1v) is 43.8. The van der Waals surface area contributed by atoms with Gasteiger partial charge in [-0.05, 0) is 229 Å². The Kier molecular flexibility index (Phi) is 15.5. The van der Waals surface area contributed by atoms with Crippen molar-refractivity contribution >= 4 is 226 Å². The summed E-state index contributed by atoms with van der Waals surface area (Å²) in [4.78, 5) is 7.16. The summed E-state index contributed by atoms with van der Waals surface area (Å²) in [6, 6.07) is 153. The molecular weight excluding hydrogens is 1560 g/mol. The molecule has 0 saturated heterocycles. The predicted octanol–water partition coefficient (Wildman–Crippen LogP) is 33.1. The van der Waals surface area contributed by atoms with Gasteiger partial charge in [-0.2, -0.15) is 0 Å². The number of anilines is 9. The lowest BCUT2D eigenvalue weighted by Crippen LogP contribution is -2.10. The molecule has 0 unspecified atom stereocenters. The maximum atomic E-state index is 7.16. The molecule has 20 aromatic carbocycles. The van der Waals surface area contributed by atoms with E-state index in [1.165, 1.54) is 54.2 Å². The molecule has 0 radical (unpaired) electrons. The number of furan rings is 3. The Hall–Kier alpha value is -17.1. The molecular formula is C118H75N7O3. The summed E-state index contributed by atoms with van der Waals surface area (Å²) in [7, 11) is 0. The molecule has 0 amide bonds. The molecule has 7 aromatic heterocycles. The van der Waals surface area contributed by atoms with Gasteiger partial charge in [0.2, 0.25) is 0 Å². The van der Waals surface area contributed by atoms with E-state index in [-0.39, 0.29) is 0 Å². The van der Waals surface area contributed by atoms with Gasteiger partial charge in [-0.25, -0.2) is 0 Å². The summed E-state index contributed by atoms with van der Waals surface area (Å²) in [6.07, 6.45) is 0. The molecule has 27 aromatic rings. The van der Waals surface area contributed by atoms with Gasteiger partial charge in [-0.15, -0.1) is 0 Å². The van der Waals surface area contributed by atoms with Crippen molar-refractivity contribution in [3.8, 4) is 22.7 Å². The molecule has 600 valence electrons. The van der Waals surface area contributed by atoms with Crippen LogP contribution in [0.25, 0.3) is 197 Å². The Balaban J connectivity index is 0.664. The number of benzene rings is 20. The first-order chi connectivity index (χ1) is 63.3. The van der Waals surface area contributed by atoms with Crippen LogP contribution in [0.4, 0.5) is 51.2 Å². The molecule has 128 heavy (non-hydrogen) atoms. The van der Waals surface area contributed by atoms with E-state index >= 15 is 0 Å². The highest BCUT2D eigenvalue weighted by Crippen LogP contribution is 2.53. The Bertz CT molecular complexity index is 8850. The number of fused-ring (bicyclic) bond motifs is 27. The number of aryl methyl sites for hydroxylation is 2. The fraction of sp³-hybridized carbons (Fsp3) is 0.0169. The zero-order valence-electron chi connectivity index (χ0n) is 69.7. The normalized spacial score (nSPS) is 12.1. The second-order valence-electron chi connectivity index (χ2n) is 34.0. The van der Waals surface area contributed by atoms with Crippen molar-refractivity contribution in [2.45, 2.75) is 13.8 Å². The number of nitrogens with zero attached hydrogens (tertiary/aromatic N) is 7. The van der Waals surface area contributed by atoms with Crippen molar-refractivity contribution in [2.24, 2.45) is 0 Å². The average molecular weight is 1640 g/mol. The van der Waals surface area contributed by atoms with Gasteiger partial charge >= 0.3 is 0 Å². The van der Waals surface area contributed by atoms with Crippen molar-refractivity contribution < 1.29 is 13.3 Å². The van der Waals surface area contributed by atoms with Crippen LogP contribution >= 0.6 is 0 Å². The molecule has 27 rings (SSSR count). The van der Waals surface area contributed by atoms with Gasteiger partial charge in [-0.1, -0.05) is 237 Å². The molecule has 0 aliphatic rings. The van der Waals surface area contributed by atoms with Gasteiger partial charge in [0.25, 0.3) is 0 Å².